The molecule has 0 fully saturated rings. The smallest absolute Gasteiger partial charge is 0.284 e. The van der Waals surface area contributed by atoms with Gasteiger partial charge in [0.05, 0.1) is 16.8 Å². The van der Waals surface area contributed by atoms with E-state index in [1.165, 1.54) is 29.1 Å². The third-order valence-electron chi connectivity index (χ3n) is 3.19. The Balaban J connectivity index is 2.14. The minimum atomic E-state index is -4.46. The number of aromatic nitrogens is 3. The molecule has 0 bridgehead atoms. The van der Waals surface area contributed by atoms with Crippen molar-refractivity contribution in [2.45, 2.75) is 6.18 Å². The molecule has 3 rings (SSSR count). The highest BCUT2D eigenvalue weighted by atomic mass is 19.4. The second kappa shape index (κ2) is 5.18. The molecule has 4 nitrogen and oxygen atoms in total. The van der Waals surface area contributed by atoms with Gasteiger partial charge in [-0.05, 0) is 36.4 Å². The molecule has 3 aromatic rings. The van der Waals surface area contributed by atoms with Gasteiger partial charge in [0.1, 0.15) is 0 Å². The Labute approximate surface area is 122 Å². The zero-order chi connectivity index (χ0) is 15.7. The van der Waals surface area contributed by atoms with Crippen LogP contribution in [0.4, 0.5) is 13.2 Å². The first-order valence-corrected chi connectivity index (χ1v) is 6.36. The number of alkyl halides is 3. The summed E-state index contributed by atoms with van der Waals surface area (Å²) in [4.78, 5) is 12.5. The highest BCUT2D eigenvalue weighted by Gasteiger charge is 2.30. The van der Waals surface area contributed by atoms with E-state index in [-0.39, 0.29) is 5.69 Å². The van der Waals surface area contributed by atoms with Crippen molar-refractivity contribution in [3.8, 4) is 16.9 Å². The van der Waals surface area contributed by atoms with Crippen molar-refractivity contribution < 1.29 is 13.2 Å². The molecule has 0 aliphatic rings. The van der Waals surface area contributed by atoms with Crippen LogP contribution in [0.15, 0.2) is 59.7 Å². The first kappa shape index (κ1) is 14.1. The number of nitrogens with zero attached hydrogens (tertiary/aromatic N) is 2. The Kier molecular flexibility index (Phi) is 3.32. The van der Waals surface area contributed by atoms with Crippen LogP contribution in [0.3, 0.4) is 0 Å². The Morgan fingerprint density at radius 3 is 2.59 bits per heavy atom. The minimum Gasteiger partial charge on any atom is -0.284 e. The molecule has 7 heteroatoms. The molecule has 2 heterocycles. The van der Waals surface area contributed by atoms with Crippen LogP contribution in [0.25, 0.3) is 16.9 Å². The molecule has 0 radical (unpaired) electrons. The maximum Gasteiger partial charge on any atom is 0.416 e. The summed E-state index contributed by atoms with van der Waals surface area (Å²) in [6.07, 6.45) is -1.53. The summed E-state index contributed by atoms with van der Waals surface area (Å²) in [5.74, 6) is 0. The van der Waals surface area contributed by atoms with Gasteiger partial charge >= 0.3 is 6.18 Å². The SMILES string of the molecule is O=c1c(-c2ccn[nH]2)cccn1-c1cccc(C(F)(F)F)c1. The van der Waals surface area contributed by atoms with Gasteiger partial charge in [-0.2, -0.15) is 18.3 Å². The maximum absolute atomic E-state index is 12.8. The zero-order valence-corrected chi connectivity index (χ0v) is 11.1. The molecule has 2 aromatic heterocycles. The number of pyridine rings is 1. The molecule has 0 atom stereocenters. The highest BCUT2D eigenvalue weighted by Crippen LogP contribution is 2.30. The lowest BCUT2D eigenvalue weighted by Gasteiger charge is -2.11. The van der Waals surface area contributed by atoms with Crippen LogP contribution in [0.5, 0.6) is 0 Å². The van der Waals surface area contributed by atoms with E-state index in [0.29, 0.717) is 11.3 Å². The molecule has 0 saturated carbocycles. The summed E-state index contributed by atoms with van der Waals surface area (Å²) in [5, 5.41) is 6.43. The van der Waals surface area contributed by atoms with Gasteiger partial charge in [-0.1, -0.05) is 6.07 Å². The number of hydrogen-bond acceptors (Lipinski definition) is 2. The van der Waals surface area contributed by atoms with Crippen molar-refractivity contribution in [3.63, 3.8) is 0 Å². The first-order valence-electron chi connectivity index (χ1n) is 6.36. The molecular formula is C15H10F3N3O. The summed E-state index contributed by atoms with van der Waals surface area (Å²) in [6, 6.07) is 9.43. The van der Waals surface area contributed by atoms with Gasteiger partial charge in [0.2, 0.25) is 0 Å². The van der Waals surface area contributed by atoms with Crippen LogP contribution in [-0.2, 0) is 6.18 Å². The van der Waals surface area contributed by atoms with E-state index in [2.05, 4.69) is 10.2 Å². The molecule has 0 aliphatic carbocycles. The molecule has 0 spiro atoms. The fourth-order valence-corrected chi connectivity index (χ4v) is 2.14. The van der Waals surface area contributed by atoms with Crippen molar-refractivity contribution in [2.75, 3.05) is 0 Å². The number of benzene rings is 1. The van der Waals surface area contributed by atoms with E-state index in [0.717, 1.165) is 12.1 Å². The van der Waals surface area contributed by atoms with E-state index in [1.54, 1.807) is 18.2 Å². The molecular weight excluding hydrogens is 295 g/mol. The normalized spacial score (nSPS) is 11.6. The fraction of sp³-hybridized carbons (Fsp3) is 0.0667. The number of rotatable bonds is 2. The topological polar surface area (TPSA) is 50.7 Å². The molecule has 0 aliphatic heterocycles. The summed E-state index contributed by atoms with van der Waals surface area (Å²) >= 11 is 0. The van der Waals surface area contributed by atoms with E-state index >= 15 is 0 Å². The summed E-state index contributed by atoms with van der Waals surface area (Å²) in [5.41, 5.74) is -0.236. The monoisotopic (exact) mass is 305 g/mol. The number of H-pyrrole nitrogens is 1. The summed E-state index contributed by atoms with van der Waals surface area (Å²) in [7, 11) is 0. The van der Waals surface area contributed by atoms with Gasteiger partial charge in [0, 0.05) is 18.1 Å². The number of aromatic amines is 1. The van der Waals surface area contributed by atoms with Crippen LogP contribution in [0.2, 0.25) is 0 Å². The van der Waals surface area contributed by atoms with Gasteiger partial charge < -0.3 is 0 Å². The third kappa shape index (κ3) is 2.52. The predicted octanol–water partition coefficient (Wildman–Crippen LogP) is 3.25. The van der Waals surface area contributed by atoms with E-state index in [1.807, 2.05) is 0 Å². The first-order chi connectivity index (χ1) is 10.5. The van der Waals surface area contributed by atoms with Crippen LogP contribution >= 0.6 is 0 Å². The third-order valence-corrected chi connectivity index (χ3v) is 3.19. The van der Waals surface area contributed by atoms with Crippen LogP contribution < -0.4 is 5.56 Å². The molecule has 0 saturated heterocycles. The molecule has 0 amide bonds. The molecule has 112 valence electrons. The van der Waals surface area contributed by atoms with Crippen molar-refractivity contribution in [2.24, 2.45) is 0 Å². The van der Waals surface area contributed by atoms with E-state index in [9.17, 15) is 18.0 Å². The van der Waals surface area contributed by atoms with Crippen LogP contribution in [0.1, 0.15) is 5.56 Å². The quantitative estimate of drug-likeness (QED) is 0.790. The van der Waals surface area contributed by atoms with Crippen molar-refractivity contribution in [3.05, 3.63) is 70.8 Å². The second-order valence-electron chi connectivity index (χ2n) is 4.62. The molecule has 1 aromatic carbocycles. The van der Waals surface area contributed by atoms with Gasteiger partial charge in [0.15, 0.2) is 0 Å². The number of nitrogens with one attached hydrogen (secondary N) is 1. The Hall–Kier alpha value is -2.83. The molecule has 1 N–H and O–H groups in total. The summed E-state index contributed by atoms with van der Waals surface area (Å²) < 4.78 is 39.5. The highest BCUT2D eigenvalue weighted by molar-refractivity contribution is 5.57. The van der Waals surface area contributed by atoms with Crippen molar-refractivity contribution >= 4 is 0 Å². The second-order valence-corrected chi connectivity index (χ2v) is 4.62. The Morgan fingerprint density at radius 2 is 1.91 bits per heavy atom. The number of hydrogen-bond donors (Lipinski definition) is 1. The average Bonchev–Trinajstić information content (AvgIpc) is 3.01. The maximum atomic E-state index is 12.8. The lowest BCUT2D eigenvalue weighted by atomic mass is 10.1. The van der Waals surface area contributed by atoms with E-state index in [4.69, 9.17) is 0 Å². The predicted molar refractivity (Wildman–Crippen MR) is 74.6 cm³/mol. The molecule has 22 heavy (non-hydrogen) atoms. The van der Waals surface area contributed by atoms with Gasteiger partial charge in [-0.25, -0.2) is 0 Å². The summed E-state index contributed by atoms with van der Waals surface area (Å²) in [6.45, 7) is 0. The van der Waals surface area contributed by atoms with Crippen LogP contribution in [-0.4, -0.2) is 14.8 Å². The van der Waals surface area contributed by atoms with Gasteiger partial charge in [-0.15, -0.1) is 0 Å². The fourth-order valence-electron chi connectivity index (χ4n) is 2.14. The number of halogens is 3. The van der Waals surface area contributed by atoms with Gasteiger partial charge in [-0.3, -0.25) is 14.5 Å². The van der Waals surface area contributed by atoms with E-state index < -0.39 is 17.3 Å². The average molecular weight is 305 g/mol. The van der Waals surface area contributed by atoms with Gasteiger partial charge in [0.25, 0.3) is 5.56 Å². The lowest BCUT2D eigenvalue weighted by molar-refractivity contribution is -0.137. The van der Waals surface area contributed by atoms with Crippen molar-refractivity contribution in [1.29, 1.82) is 0 Å². The Bertz CT molecular complexity index is 851. The van der Waals surface area contributed by atoms with Crippen LogP contribution in [0, 0.1) is 0 Å². The standard InChI is InChI=1S/C15H10F3N3O/c16-15(17,18)10-3-1-4-11(9-10)21-8-2-5-12(14(21)22)13-6-7-19-20-13/h1-9H,(H,19,20). The largest absolute Gasteiger partial charge is 0.416 e. The molecule has 0 unspecified atom stereocenters. The Morgan fingerprint density at radius 1 is 1.09 bits per heavy atom. The lowest BCUT2D eigenvalue weighted by Crippen LogP contribution is -2.19. The zero-order valence-electron chi connectivity index (χ0n) is 11.1. The minimum absolute atomic E-state index is 0.154. The van der Waals surface area contributed by atoms with Crippen molar-refractivity contribution in [1.82, 2.24) is 14.8 Å².